The number of phenols is 1. The van der Waals surface area contributed by atoms with Crippen LogP contribution in [0.1, 0.15) is 12.5 Å². The Kier molecular flexibility index (Phi) is 2.85. The van der Waals surface area contributed by atoms with Crippen LogP contribution in [0, 0.1) is 0 Å². The molecule has 1 unspecified atom stereocenters. The van der Waals surface area contributed by atoms with E-state index in [1.165, 1.54) is 6.07 Å². The van der Waals surface area contributed by atoms with Gasteiger partial charge in [-0.15, -0.1) is 0 Å². The van der Waals surface area contributed by atoms with E-state index in [-0.39, 0.29) is 0 Å². The molecule has 88 valence electrons. The second-order valence-electron chi connectivity index (χ2n) is 3.43. The zero-order valence-electron chi connectivity index (χ0n) is 8.25. The average molecular weight is 234 g/mol. The Morgan fingerprint density at radius 1 is 1.31 bits per heavy atom. The number of halogens is 3. The first-order chi connectivity index (χ1) is 7.19. The van der Waals surface area contributed by atoms with Crippen molar-refractivity contribution in [3.8, 4) is 5.75 Å². The Bertz CT molecular complexity index is 416. The summed E-state index contributed by atoms with van der Waals surface area (Å²) in [7, 11) is 0. The fourth-order valence-electron chi connectivity index (χ4n) is 1.18. The van der Waals surface area contributed by atoms with Crippen molar-refractivity contribution in [2.45, 2.75) is 18.5 Å². The molecule has 0 saturated carbocycles. The van der Waals surface area contributed by atoms with Crippen molar-refractivity contribution in [1.29, 1.82) is 0 Å². The van der Waals surface area contributed by atoms with Gasteiger partial charge < -0.3 is 10.2 Å². The molecule has 0 aliphatic carbocycles. The number of carboxylic acid groups (broad SMARTS) is 1. The van der Waals surface area contributed by atoms with Gasteiger partial charge in [-0.1, -0.05) is 12.1 Å². The van der Waals surface area contributed by atoms with Crippen LogP contribution in [0.4, 0.5) is 13.2 Å². The molecule has 2 N–H and O–H groups in total. The third kappa shape index (κ3) is 1.82. The van der Waals surface area contributed by atoms with Gasteiger partial charge in [0.2, 0.25) is 5.67 Å². The number of hydrogen-bond acceptors (Lipinski definition) is 2. The van der Waals surface area contributed by atoms with Crippen LogP contribution in [0.15, 0.2) is 24.3 Å². The monoisotopic (exact) mass is 234 g/mol. The number of carbonyl (C=O) groups is 1. The molecule has 0 radical (unpaired) electrons. The summed E-state index contributed by atoms with van der Waals surface area (Å²) in [5.74, 6) is -7.54. The van der Waals surface area contributed by atoms with E-state index in [1.807, 2.05) is 0 Å². The Labute approximate surface area is 89.1 Å². The quantitative estimate of drug-likeness (QED) is 0.843. The molecular weight excluding hydrogens is 225 g/mol. The molecule has 0 spiro atoms. The highest BCUT2D eigenvalue weighted by Gasteiger charge is 2.58. The molecule has 1 aromatic rings. The predicted molar refractivity (Wildman–Crippen MR) is 49.1 cm³/mol. The molecular formula is C10H9F3O3. The van der Waals surface area contributed by atoms with Gasteiger partial charge in [0.15, 0.2) is 0 Å². The third-order valence-electron chi connectivity index (χ3n) is 2.25. The number of benzene rings is 1. The minimum Gasteiger partial charge on any atom is -0.508 e. The van der Waals surface area contributed by atoms with E-state index in [0.29, 0.717) is 6.92 Å². The molecule has 0 aliphatic rings. The Balaban J connectivity index is 3.26. The summed E-state index contributed by atoms with van der Waals surface area (Å²) >= 11 is 0. The predicted octanol–water partition coefficient (Wildman–Crippen LogP) is 2.30. The lowest BCUT2D eigenvalue weighted by Gasteiger charge is -2.27. The minimum atomic E-state index is -4.57. The van der Waals surface area contributed by atoms with Crippen LogP contribution in [-0.4, -0.2) is 22.1 Å². The Morgan fingerprint density at radius 3 is 2.31 bits per heavy atom. The van der Waals surface area contributed by atoms with Crippen molar-refractivity contribution < 1.29 is 28.2 Å². The van der Waals surface area contributed by atoms with Crippen LogP contribution >= 0.6 is 0 Å². The smallest absolute Gasteiger partial charge is 0.379 e. The van der Waals surface area contributed by atoms with Crippen LogP contribution < -0.4 is 0 Å². The van der Waals surface area contributed by atoms with Crippen molar-refractivity contribution in [2.24, 2.45) is 0 Å². The summed E-state index contributed by atoms with van der Waals surface area (Å²) in [6.45, 7) is 0.454. The SMILES string of the molecule is CC(F)(c1cccc(O)c1)C(F)(F)C(=O)O. The molecule has 0 amide bonds. The lowest BCUT2D eigenvalue weighted by atomic mass is 9.91. The average Bonchev–Trinajstić information content (AvgIpc) is 2.17. The van der Waals surface area contributed by atoms with Crippen LogP contribution in [-0.2, 0) is 10.5 Å². The van der Waals surface area contributed by atoms with Crippen LogP contribution in [0.25, 0.3) is 0 Å². The first kappa shape index (κ1) is 12.4. The number of aromatic hydroxyl groups is 1. The largest absolute Gasteiger partial charge is 0.508 e. The maximum Gasteiger partial charge on any atom is 0.379 e. The Hall–Kier alpha value is -1.72. The maximum atomic E-state index is 13.8. The molecule has 0 aromatic heterocycles. The molecule has 1 rings (SSSR count). The number of aliphatic carboxylic acids is 1. The zero-order chi connectivity index (χ0) is 12.6. The summed E-state index contributed by atoms with van der Waals surface area (Å²) in [5.41, 5.74) is -3.99. The topological polar surface area (TPSA) is 57.5 Å². The molecule has 6 heteroatoms. The molecule has 0 fully saturated rings. The van der Waals surface area contributed by atoms with Gasteiger partial charge in [-0.2, -0.15) is 8.78 Å². The van der Waals surface area contributed by atoms with E-state index in [4.69, 9.17) is 10.2 Å². The number of alkyl halides is 3. The van der Waals surface area contributed by atoms with Crippen LogP contribution in [0.3, 0.4) is 0 Å². The van der Waals surface area contributed by atoms with E-state index in [1.54, 1.807) is 0 Å². The van der Waals surface area contributed by atoms with Crippen LogP contribution in [0.2, 0.25) is 0 Å². The maximum absolute atomic E-state index is 13.8. The van der Waals surface area contributed by atoms with Gasteiger partial charge in [-0.05, 0) is 24.6 Å². The van der Waals surface area contributed by atoms with E-state index in [0.717, 1.165) is 18.2 Å². The molecule has 0 aliphatic heterocycles. The van der Waals surface area contributed by atoms with Crippen molar-refractivity contribution in [3.63, 3.8) is 0 Å². The molecule has 3 nitrogen and oxygen atoms in total. The summed E-state index contributed by atoms with van der Waals surface area (Å²) in [4.78, 5) is 10.3. The zero-order valence-corrected chi connectivity index (χ0v) is 8.25. The summed E-state index contributed by atoms with van der Waals surface area (Å²) in [5, 5.41) is 17.3. The standard InChI is InChI=1S/C10H9F3O3/c1-9(11,10(12,13)8(15)16)6-3-2-4-7(14)5-6/h2-5,14H,1H3,(H,15,16). The van der Waals surface area contributed by atoms with Gasteiger partial charge in [-0.25, -0.2) is 9.18 Å². The summed E-state index contributed by atoms with van der Waals surface area (Å²) in [6.07, 6.45) is 0. The molecule has 16 heavy (non-hydrogen) atoms. The fourth-order valence-corrected chi connectivity index (χ4v) is 1.18. The first-order valence-electron chi connectivity index (χ1n) is 4.29. The molecule has 0 saturated heterocycles. The van der Waals surface area contributed by atoms with Crippen LogP contribution in [0.5, 0.6) is 5.75 Å². The summed E-state index contributed by atoms with van der Waals surface area (Å²) in [6, 6.07) is 4.06. The van der Waals surface area contributed by atoms with Crippen molar-refractivity contribution in [2.75, 3.05) is 0 Å². The van der Waals surface area contributed by atoms with E-state index < -0.39 is 28.9 Å². The van der Waals surface area contributed by atoms with E-state index >= 15 is 0 Å². The highest BCUT2D eigenvalue weighted by molar-refractivity contribution is 5.77. The summed E-state index contributed by atoms with van der Waals surface area (Å²) < 4.78 is 40.0. The fraction of sp³-hybridized carbons (Fsp3) is 0.300. The normalized spacial score (nSPS) is 15.5. The van der Waals surface area contributed by atoms with Gasteiger partial charge >= 0.3 is 11.9 Å². The number of rotatable bonds is 3. The minimum absolute atomic E-state index is 0.414. The molecule has 0 bridgehead atoms. The number of carboxylic acids is 1. The number of phenolic OH excluding ortho intramolecular Hbond substituents is 1. The van der Waals surface area contributed by atoms with Crippen molar-refractivity contribution in [1.82, 2.24) is 0 Å². The van der Waals surface area contributed by atoms with Gasteiger partial charge in [0.05, 0.1) is 0 Å². The molecule has 1 atom stereocenters. The van der Waals surface area contributed by atoms with E-state index in [2.05, 4.69) is 0 Å². The van der Waals surface area contributed by atoms with Crippen molar-refractivity contribution >= 4 is 5.97 Å². The lowest BCUT2D eigenvalue weighted by molar-refractivity contribution is -0.190. The first-order valence-corrected chi connectivity index (χ1v) is 4.29. The van der Waals surface area contributed by atoms with Gasteiger partial charge in [0.25, 0.3) is 0 Å². The second-order valence-corrected chi connectivity index (χ2v) is 3.43. The molecule has 0 heterocycles. The lowest BCUT2D eigenvalue weighted by Crippen LogP contribution is -2.45. The highest BCUT2D eigenvalue weighted by atomic mass is 19.3. The van der Waals surface area contributed by atoms with Gasteiger partial charge in [0.1, 0.15) is 5.75 Å². The van der Waals surface area contributed by atoms with Gasteiger partial charge in [0, 0.05) is 0 Å². The van der Waals surface area contributed by atoms with Gasteiger partial charge in [-0.3, -0.25) is 0 Å². The van der Waals surface area contributed by atoms with Crippen molar-refractivity contribution in [3.05, 3.63) is 29.8 Å². The number of hydrogen-bond donors (Lipinski definition) is 2. The third-order valence-corrected chi connectivity index (χ3v) is 2.25. The molecule has 1 aromatic carbocycles. The second kappa shape index (κ2) is 3.70. The highest BCUT2D eigenvalue weighted by Crippen LogP contribution is 2.41. The Morgan fingerprint density at radius 2 is 1.88 bits per heavy atom. The van der Waals surface area contributed by atoms with E-state index in [9.17, 15) is 18.0 Å².